The van der Waals surface area contributed by atoms with Gasteiger partial charge >= 0.3 is 6.18 Å². The third-order valence-corrected chi connectivity index (χ3v) is 7.07. The molecule has 0 bridgehead atoms. The van der Waals surface area contributed by atoms with Gasteiger partial charge in [0.1, 0.15) is 29.8 Å². The molecule has 2 aliphatic heterocycles. The Hall–Kier alpha value is -3.45. The number of aromatic nitrogens is 3. The van der Waals surface area contributed by atoms with Gasteiger partial charge < -0.3 is 24.6 Å². The van der Waals surface area contributed by atoms with Gasteiger partial charge in [0.15, 0.2) is 5.13 Å². The Morgan fingerprint density at radius 1 is 1.16 bits per heavy atom. The normalized spacial score (nSPS) is 16.1. The van der Waals surface area contributed by atoms with Gasteiger partial charge in [-0.1, -0.05) is 11.3 Å². The standard InChI is InChI=1S/C24H25F3N6O3S/c1-14-29-19(11-20(30-14)32-5-7-36-8-6-32)31-23-28-12-18(37-23)16-9-15-3-4-33(13-24(25,26)27)22(34)21(15)17(10-16)35-2/h9-12H,3-8,13H2,1-2H3,(H,28,29,30,31). The van der Waals surface area contributed by atoms with E-state index < -0.39 is 18.6 Å². The molecular formula is C24H25F3N6O3S. The Labute approximate surface area is 215 Å². The molecule has 0 saturated carbocycles. The van der Waals surface area contributed by atoms with Crippen LogP contribution in [-0.4, -0.2) is 78.4 Å². The van der Waals surface area contributed by atoms with Crippen LogP contribution in [0.1, 0.15) is 21.7 Å². The highest BCUT2D eigenvalue weighted by molar-refractivity contribution is 7.18. The molecule has 0 radical (unpaired) electrons. The number of carbonyl (C=O) groups excluding carboxylic acids is 1. The molecule has 2 aliphatic rings. The number of nitrogens with one attached hydrogen (secondary N) is 1. The molecule has 0 spiro atoms. The van der Waals surface area contributed by atoms with Crippen LogP contribution in [0.2, 0.25) is 0 Å². The molecule has 13 heteroatoms. The van der Waals surface area contributed by atoms with Crippen molar-refractivity contribution in [1.82, 2.24) is 19.9 Å². The lowest BCUT2D eigenvalue weighted by atomic mass is 9.95. The quantitative estimate of drug-likeness (QED) is 0.506. The maximum Gasteiger partial charge on any atom is 0.406 e. The molecular weight excluding hydrogens is 509 g/mol. The first kappa shape index (κ1) is 25.2. The summed E-state index contributed by atoms with van der Waals surface area (Å²) in [6.45, 7) is 3.36. The molecule has 1 fully saturated rings. The summed E-state index contributed by atoms with van der Waals surface area (Å²) in [5.74, 6) is 1.64. The van der Waals surface area contributed by atoms with Gasteiger partial charge in [-0.2, -0.15) is 13.2 Å². The number of fused-ring (bicyclic) bond motifs is 1. The summed E-state index contributed by atoms with van der Waals surface area (Å²) in [7, 11) is 1.40. The first-order valence-corrected chi connectivity index (χ1v) is 12.5. The van der Waals surface area contributed by atoms with Gasteiger partial charge in [0, 0.05) is 31.9 Å². The molecule has 1 amide bonds. The van der Waals surface area contributed by atoms with E-state index in [1.165, 1.54) is 18.4 Å². The minimum absolute atomic E-state index is 0.00795. The molecule has 4 heterocycles. The minimum Gasteiger partial charge on any atom is -0.496 e. The predicted molar refractivity (Wildman–Crippen MR) is 133 cm³/mol. The zero-order chi connectivity index (χ0) is 26.2. The number of hydrogen-bond donors (Lipinski definition) is 1. The van der Waals surface area contributed by atoms with Crippen molar-refractivity contribution >= 4 is 34.0 Å². The van der Waals surface area contributed by atoms with Gasteiger partial charge in [0.25, 0.3) is 5.91 Å². The lowest BCUT2D eigenvalue weighted by Gasteiger charge is -2.30. The fraction of sp³-hybridized carbons (Fsp3) is 0.417. The molecule has 1 aromatic carbocycles. The molecule has 37 heavy (non-hydrogen) atoms. The molecule has 2 aromatic heterocycles. The average Bonchev–Trinajstić information content (AvgIpc) is 3.33. The third-order valence-electron chi connectivity index (χ3n) is 6.11. The van der Waals surface area contributed by atoms with Crippen LogP contribution in [0.15, 0.2) is 24.4 Å². The summed E-state index contributed by atoms with van der Waals surface area (Å²) >= 11 is 1.39. The molecule has 0 aliphatic carbocycles. The molecule has 5 rings (SSSR count). The van der Waals surface area contributed by atoms with Crippen LogP contribution < -0.4 is 15.0 Å². The number of benzene rings is 1. The van der Waals surface area contributed by atoms with Crippen LogP contribution in [0.25, 0.3) is 10.4 Å². The number of alkyl halides is 3. The first-order chi connectivity index (χ1) is 17.7. The van der Waals surface area contributed by atoms with Crippen molar-refractivity contribution in [2.75, 3.05) is 56.7 Å². The van der Waals surface area contributed by atoms with Gasteiger partial charge in [-0.3, -0.25) is 4.79 Å². The second-order valence-corrected chi connectivity index (χ2v) is 9.75. The number of rotatable bonds is 6. The Morgan fingerprint density at radius 3 is 2.68 bits per heavy atom. The van der Waals surface area contributed by atoms with E-state index in [4.69, 9.17) is 9.47 Å². The maximum atomic E-state index is 12.9. The second kappa shape index (κ2) is 10.1. The molecule has 1 saturated heterocycles. The number of hydrogen-bond acceptors (Lipinski definition) is 9. The molecule has 196 valence electrons. The zero-order valence-electron chi connectivity index (χ0n) is 20.3. The summed E-state index contributed by atoms with van der Waals surface area (Å²) in [5, 5.41) is 3.86. The Morgan fingerprint density at radius 2 is 1.95 bits per heavy atom. The number of amides is 1. The van der Waals surface area contributed by atoms with Gasteiger partial charge in [-0.05, 0) is 36.6 Å². The summed E-state index contributed by atoms with van der Waals surface area (Å²) in [6.07, 6.45) is -2.46. The number of morpholine rings is 1. The topological polar surface area (TPSA) is 92.7 Å². The number of thiazole rings is 1. The third kappa shape index (κ3) is 5.62. The predicted octanol–water partition coefficient (Wildman–Crippen LogP) is 4.06. The van der Waals surface area contributed by atoms with Crippen molar-refractivity contribution in [3.8, 4) is 16.2 Å². The summed E-state index contributed by atoms with van der Waals surface area (Å²) < 4.78 is 49.5. The number of ether oxygens (including phenoxy) is 2. The smallest absolute Gasteiger partial charge is 0.406 e. The monoisotopic (exact) mass is 534 g/mol. The number of halogens is 3. The molecule has 9 nitrogen and oxygen atoms in total. The number of methoxy groups -OCH3 is 1. The SMILES string of the molecule is COc1cc(-c2cnc(Nc3cc(N4CCOCC4)nc(C)n3)s2)cc2c1C(=O)N(CC(F)(F)F)CC2. The van der Waals surface area contributed by atoms with E-state index in [1.807, 2.05) is 19.1 Å². The van der Waals surface area contributed by atoms with Crippen LogP contribution in [-0.2, 0) is 11.2 Å². The largest absolute Gasteiger partial charge is 0.496 e. The Balaban J connectivity index is 1.38. The van der Waals surface area contributed by atoms with Gasteiger partial charge in [-0.15, -0.1) is 0 Å². The number of nitrogens with zero attached hydrogens (tertiary/aromatic N) is 5. The van der Waals surface area contributed by atoms with Gasteiger partial charge in [0.2, 0.25) is 0 Å². The molecule has 3 aromatic rings. The number of aryl methyl sites for hydroxylation is 1. The average molecular weight is 535 g/mol. The van der Waals surface area contributed by atoms with Crippen molar-refractivity contribution in [2.24, 2.45) is 0 Å². The number of carbonyl (C=O) groups is 1. The van der Waals surface area contributed by atoms with E-state index in [9.17, 15) is 18.0 Å². The van der Waals surface area contributed by atoms with E-state index >= 15 is 0 Å². The molecule has 0 unspecified atom stereocenters. The summed E-state index contributed by atoms with van der Waals surface area (Å²) in [5.41, 5.74) is 1.60. The van der Waals surface area contributed by atoms with Crippen molar-refractivity contribution in [3.63, 3.8) is 0 Å². The van der Waals surface area contributed by atoms with Crippen molar-refractivity contribution in [2.45, 2.75) is 19.5 Å². The van der Waals surface area contributed by atoms with Gasteiger partial charge in [0.05, 0.1) is 30.8 Å². The Kier molecular flexibility index (Phi) is 6.90. The lowest BCUT2D eigenvalue weighted by molar-refractivity contribution is -0.141. The van der Waals surface area contributed by atoms with Crippen LogP contribution in [0.3, 0.4) is 0 Å². The number of anilines is 3. The van der Waals surface area contributed by atoms with E-state index in [-0.39, 0.29) is 17.9 Å². The highest BCUT2D eigenvalue weighted by Gasteiger charge is 2.37. The van der Waals surface area contributed by atoms with E-state index in [2.05, 4.69) is 25.2 Å². The van der Waals surface area contributed by atoms with E-state index in [0.29, 0.717) is 42.0 Å². The zero-order valence-corrected chi connectivity index (χ0v) is 21.1. The summed E-state index contributed by atoms with van der Waals surface area (Å²) in [6, 6.07) is 5.36. The first-order valence-electron chi connectivity index (χ1n) is 11.7. The summed E-state index contributed by atoms with van der Waals surface area (Å²) in [4.78, 5) is 30.1. The minimum atomic E-state index is -4.46. The van der Waals surface area contributed by atoms with E-state index in [0.717, 1.165) is 34.2 Å². The van der Waals surface area contributed by atoms with Gasteiger partial charge in [-0.25, -0.2) is 15.0 Å². The maximum absolute atomic E-state index is 12.9. The molecule has 0 atom stereocenters. The molecule has 1 N–H and O–H groups in total. The van der Waals surface area contributed by atoms with Crippen LogP contribution >= 0.6 is 11.3 Å². The van der Waals surface area contributed by atoms with Crippen LogP contribution in [0, 0.1) is 6.92 Å². The second-order valence-electron chi connectivity index (χ2n) is 8.72. The Bertz CT molecular complexity index is 1290. The van der Waals surface area contributed by atoms with E-state index in [1.54, 1.807) is 12.3 Å². The lowest BCUT2D eigenvalue weighted by Crippen LogP contribution is -2.43. The van der Waals surface area contributed by atoms with Crippen molar-refractivity contribution in [3.05, 3.63) is 41.3 Å². The highest BCUT2D eigenvalue weighted by atomic mass is 32.1. The fourth-order valence-electron chi connectivity index (χ4n) is 4.44. The fourth-order valence-corrected chi connectivity index (χ4v) is 5.25. The van der Waals surface area contributed by atoms with Crippen molar-refractivity contribution in [1.29, 1.82) is 0 Å². The van der Waals surface area contributed by atoms with Crippen LogP contribution in [0.5, 0.6) is 5.75 Å². The highest BCUT2D eigenvalue weighted by Crippen LogP contribution is 2.38. The van der Waals surface area contributed by atoms with Crippen molar-refractivity contribution < 1.29 is 27.4 Å². The van der Waals surface area contributed by atoms with Crippen LogP contribution in [0.4, 0.5) is 29.9 Å².